The Morgan fingerprint density at radius 1 is 0.667 bits per heavy atom. The zero-order valence-electron chi connectivity index (χ0n) is 5.28. The Morgan fingerprint density at radius 3 is 0.667 bits per heavy atom. The molecular formula is MoO8P2Zn. The molecule has 0 saturated heterocycles. The summed E-state index contributed by atoms with van der Waals surface area (Å²) in [5.74, 6) is 0. The van der Waals surface area contributed by atoms with E-state index in [0.717, 1.165) is 0 Å². The molecule has 0 heterocycles. The van der Waals surface area contributed by atoms with Crippen LogP contribution in [0.3, 0.4) is 0 Å². The SMILES string of the molecule is O=P([O-])([O-])[O-].O=P([O-])([O-])[O-].[Mo+6].[Zn]. The van der Waals surface area contributed by atoms with E-state index < -0.39 is 15.6 Å². The molecule has 0 aliphatic rings. The van der Waals surface area contributed by atoms with E-state index in [4.69, 9.17) is 38.5 Å². The summed E-state index contributed by atoms with van der Waals surface area (Å²) in [5, 5.41) is 0. The second-order valence-corrected chi connectivity index (χ2v) is 2.68. The predicted molar refractivity (Wildman–Crippen MR) is 15.2 cm³/mol. The van der Waals surface area contributed by atoms with Crippen LogP contribution in [0.15, 0.2) is 0 Å². The van der Waals surface area contributed by atoms with Gasteiger partial charge in [0.25, 0.3) is 0 Å². The maximum absolute atomic E-state index is 8.55. The minimum atomic E-state index is -5.39. The minimum Gasteiger partial charge on any atom is -0.822 e. The standard InChI is InChI=1S/Mo.2H3O4P.Zn/c;2*1-5(2,3)4;/h;2*(H3,1,2,3,4);/q+6;;;/p-6. The maximum atomic E-state index is 8.55. The second-order valence-electron chi connectivity index (χ2n) is 0.894. The maximum Gasteiger partial charge on any atom is 6.00 e. The first kappa shape index (κ1) is 23.4. The molecule has 0 rings (SSSR count). The molecule has 0 aromatic heterocycles. The van der Waals surface area contributed by atoms with Crippen molar-refractivity contribution in [2.75, 3.05) is 0 Å². The Bertz CT molecular complexity index is 129. The van der Waals surface area contributed by atoms with Gasteiger partial charge in [-0.3, -0.25) is 0 Å². The van der Waals surface area contributed by atoms with Crippen LogP contribution >= 0.6 is 15.6 Å². The number of rotatable bonds is 0. The van der Waals surface area contributed by atoms with Crippen molar-refractivity contribution < 1.29 is 79.0 Å². The van der Waals surface area contributed by atoms with Crippen LogP contribution in [0.25, 0.3) is 0 Å². The fourth-order valence-electron chi connectivity index (χ4n) is 0. The average Bonchev–Trinajstić information content (AvgIpc) is 1.12. The molecule has 0 fully saturated rings. The quantitative estimate of drug-likeness (QED) is 0.307. The molecule has 0 saturated carbocycles. The fraction of sp³-hybridized carbons (Fsp3) is 0. The molecule has 66 valence electrons. The van der Waals surface area contributed by atoms with Gasteiger partial charge >= 0.3 is 21.1 Å². The minimum absolute atomic E-state index is 0. The molecule has 0 spiro atoms. The largest absolute Gasteiger partial charge is 6.00 e. The normalized spacial score (nSPS) is 9.83. The fourth-order valence-corrected chi connectivity index (χ4v) is 0. The van der Waals surface area contributed by atoms with Gasteiger partial charge in [-0.1, -0.05) is 0 Å². The third-order valence-electron chi connectivity index (χ3n) is 0. The first-order valence-corrected chi connectivity index (χ1v) is 4.38. The van der Waals surface area contributed by atoms with Crippen molar-refractivity contribution >= 4 is 15.6 Å². The van der Waals surface area contributed by atoms with Gasteiger partial charge in [0.1, 0.15) is 0 Å². The third-order valence-corrected chi connectivity index (χ3v) is 0. The van der Waals surface area contributed by atoms with Gasteiger partial charge in [0.15, 0.2) is 0 Å². The summed E-state index contributed by atoms with van der Waals surface area (Å²) in [6, 6.07) is 0. The summed E-state index contributed by atoms with van der Waals surface area (Å²) < 4.78 is 17.1. The van der Waals surface area contributed by atoms with Gasteiger partial charge in [0.2, 0.25) is 0 Å². The van der Waals surface area contributed by atoms with Gasteiger partial charge in [-0.05, 0) is 0 Å². The van der Waals surface area contributed by atoms with Crippen LogP contribution in [0.2, 0.25) is 0 Å². The van der Waals surface area contributed by atoms with E-state index >= 15 is 0 Å². The Kier molecular flexibility index (Phi) is 17.7. The van der Waals surface area contributed by atoms with Gasteiger partial charge in [0.05, 0.1) is 0 Å². The second kappa shape index (κ2) is 9.10. The molecule has 0 aromatic rings. The van der Waals surface area contributed by atoms with E-state index in [1.54, 1.807) is 0 Å². The molecule has 0 bridgehead atoms. The van der Waals surface area contributed by atoms with Crippen molar-refractivity contribution in [3.63, 3.8) is 0 Å². The van der Waals surface area contributed by atoms with Crippen LogP contribution in [0, 0.1) is 0 Å². The summed E-state index contributed by atoms with van der Waals surface area (Å²) in [6.45, 7) is 0. The van der Waals surface area contributed by atoms with Crippen molar-refractivity contribution in [1.82, 2.24) is 0 Å². The molecule has 12 heteroatoms. The van der Waals surface area contributed by atoms with Crippen molar-refractivity contribution in [1.29, 1.82) is 0 Å². The van der Waals surface area contributed by atoms with E-state index in [2.05, 4.69) is 0 Å². The van der Waals surface area contributed by atoms with Gasteiger partial charge in [0, 0.05) is 19.5 Å². The molecule has 0 aromatic carbocycles. The Labute approximate surface area is 94.5 Å². The molecule has 12 heavy (non-hydrogen) atoms. The van der Waals surface area contributed by atoms with Crippen molar-refractivity contribution in [2.24, 2.45) is 0 Å². The average molecular weight is 351 g/mol. The van der Waals surface area contributed by atoms with Gasteiger partial charge in [-0.2, -0.15) is 15.6 Å². The number of hydrogen-bond donors (Lipinski definition) is 0. The summed E-state index contributed by atoms with van der Waals surface area (Å²) in [4.78, 5) is 51.3. The summed E-state index contributed by atoms with van der Waals surface area (Å²) in [7, 11) is -10.8. The van der Waals surface area contributed by atoms with E-state index in [-0.39, 0.29) is 40.5 Å². The van der Waals surface area contributed by atoms with Crippen molar-refractivity contribution in [3.05, 3.63) is 0 Å². The zero-order chi connectivity index (χ0) is 9.00. The summed E-state index contributed by atoms with van der Waals surface area (Å²) in [6.07, 6.45) is 0. The molecule has 0 amide bonds. The Balaban J connectivity index is -0.0000000457. The molecule has 8 nitrogen and oxygen atoms in total. The topological polar surface area (TPSA) is 172 Å². The monoisotopic (exact) mass is 352 g/mol. The Morgan fingerprint density at radius 2 is 0.667 bits per heavy atom. The molecule has 0 radical (unpaired) electrons. The predicted octanol–water partition coefficient (Wildman–Crippen LogP) is -5.65. The van der Waals surface area contributed by atoms with E-state index in [0.29, 0.717) is 0 Å². The van der Waals surface area contributed by atoms with E-state index in [1.807, 2.05) is 0 Å². The van der Waals surface area contributed by atoms with Crippen LogP contribution in [0.1, 0.15) is 0 Å². The first-order valence-electron chi connectivity index (χ1n) is 1.46. The van der Waals surface area contributed by atoms with E-state index in [9.17, 15) is 0 Å². The summed E-state index contributed by atoms with van der Waals surface area (Å²) in [5.41, 5.74) is 0. The molecule has 0 N–H and O–H groups in total. The summed E-state index contributed by atoms with van der Waals surface area (Å²) >= 11 is 0. The molecule has 0 aliphatic heterocycles. The van der Waals surface area contributed by atoms with Gasteiger partial charge in [-0.15, -0.1) is 0 Å². The van der Waals surface area contributed by atoms with Gasteiger partial charge in [-0.25, -0.2) is 0 Å². The van der Waals surface area contributed by atoms with Crippen LogP contribution in [0.5, 0.6) is 0 Å². The molecule has 0 unspecified atom stereocenters. The van der Waals surface area contributed by atoms with Gasteiger partial charge < -0.3 is 38.5 Å². The molecular weight excluding hydrogens is 351 g/mol. The van der Waals surface area contributed by atoms with Crippen molar-refractivity contribution in [2.45, 2.75) is 0 Å². The first-order chi connectivity index (χ1) is 4.00. The van der Waals surface area contributed by atoms with E-state index in [1.165, 1.54) is 0 Å². The third kappa shape index (κ3) is 545. The smallest absolute Gasteiger partial charge is 0.822 e. The van der Waals surface area contributed by atoms with Crippen molar-refractivity contribution in [3.8, 4) is 0 Å². The zero-order valence-corrected chi connectivity index (χ0v) is 12.0. The Hall–Kier alpha value is 1.53. The molecule has 0 aliphatic carbocycles. The van der Waals surface area contributed by atoms with Crippen LogP contribution in [-0.4, -0.2) is 0 Å². The van der Waals surface area contributed by atoms with Crippen LogP contribution in [0.4, 0.5) is 0 Å². The van der Waals surface area contributed by atoms with Crippen LogP contribution in [-0.2, 0) is 49.7 Å². The number of hydrogen-bond acceptors (Lipinski definition) is 8. The molecule has 0 atom stereocenters. The number of phosphoric acid groups is 2. The van der Waals surface area contributed by atoms with Crippen LogP contribution < -0.4 is 29.4 Å².